The van der Waals surface area contributed by atoms with E-state index >= 15 is 0 Å². The first-order valence-electron chi connectivity index (χ1n) is 11.4. The molecule has 0 bridgehead atoms. The highest BCUT2D eigenvalue weighted by Gasteiger charge is 2.41. The first-order valence-corrected chi connectivity index (χ1v) is 14.4. The summed E-state index contributed by atoms with van der Waals surface area (Å²) in [5, 5.41) is 9.14. The van der Waals surface area contributed by atoms with E-state index in [1.54, 1.807) is 0 Å². The Bertz CT molecular complexity index is 718. The van der Waals surface area contributed by atoms with Gasteiger partial charge in [-0.05, 0) is 94.6 Å². The zero-order valence-corrected chi connectivity index (χ0v) is 21.4. The maximum Gasteiger partial charge on any atom is 0.250 e. The number of aliphatic hydroxyl groups excluding tert-OH is 1. The lowest BCUT2D eigenvalue weighted by Gasteiger charge is -2.41. The summed E-state index contributed by atoms with van der Waals surface area (Å²) >= 11 is 0. The summed E-state index contributed by atoms with van der Waals surface area (Å²) in [5.74, 6) is 2.20. The number of hydrogen-bond donors (Lipinski definition) is 1. The third kappa shape index (κ3) is 5.38. The van der Waals surface area contributed by atoms with Crippen LogP contribution in [0.5, 0.6) is 11.5 Å². The van der Waals surface area contributed by atoms with Gasteiger partial charge in [-0.15, -0.1) is 0 Å². The van der Waals surface area contributed by atoms with Crippen molar-refractivity contribution in [2.45, 2.75) is 117 Å². The van der Waals surface area contributed by atoms with E-state index in [2.05, 4.69) is 61.6 Å². The van der Waals surface area contributed by atoms with Crippen LogP contribution in [0.1, 0.15) is 88.5 Å². The SMILES string of the molecule is Cc1c(C)c2c(c(C)c1O[Si](C)(C)C(C)(C)C)CC[C@@](C)(CCCCCCO)O2. The summed E-state index contributed by atoms with van der Waals surface area (Å²) in [5.41, 5.74) is 5.01. The zero-order valence-electron chi connectivity index (χ0n) is 20.4. The van der Waals surface area contributed by atoms with Crippen LogP contribution >= 0.6 is 0 Å². The zero-order chi connectivity index (χ0) is 22.0. The standard InChI is InChI=1S/C25H44O3Si/c1-18-19(2)23-21(20(3)22(18)28-29(8,9)24(4,5)6)14-16-25(7,27-23)15-12-10-11-13-17-26/h26H,10-17H2,1-9H3/t25-/m1/s1. The molecule has 0 saturated carbocycles. The lowest BCUT2D eigenvalue weighted by molar-refractivity contribution is 0.0521. The summed E-state index contributed by atoms with van der Waals surface area (Å²) in [6.45, 7) is 20.7. The predicted molar refractivity (Wildman–Crippen MR) is 126 cm³/mol. The fraction of sp³-hybridized carbons (Fsp3) is 0.760. The first kappa shape index (κ1) is 24.3. The van der Waals surface area contributed by atoms with Gasteiger partial charge >= 0.3 is 0 Å². The Hall–Kier alpha value is -1.00. The third-order valence-electron chi connectivity index (χ3n) is 7.34. The molecule has 0 aliphatic carbocycles. The minimum atomic E-state index is -1.89. The molecular weight excluding hydrogens is 376 g/mol. The number of aliphatic hydroxyl groups is 1. The van der Waals surface area contributed by atoms with Crippen molar-refractivity contribution in [2.24, 2.45) is 0 Å². The highest BCUT2D eigenvalue weighted by Crippen LogP contribution is 2.47. The van der Waals surface area contributed by atoms with E-state index in [1.165, 1.54) is 28.7 Å². The summed E-state index contributed by atoms with van der Waals surface area (Å²) < 4.78 is 13.5. The number of fused-ring (bicyclic) bond motifs is 1. The van der Waals surface area contributed by atoms with Crippen LogP contribution in [-0.4, -0.2) is 25.6 Å². The number of rotatable bonds is 8. The van der Waals surface area contributed by atoms with Crippen LogP contribution in [0.3, 0.4) is 0 Å². The van der Waals surface area contributed by atoms with Gasteiger partial charge in [0.1, 0.15) is 17.1 Å². The molecule has 0 fully saturated rings. The van der Waals surface area contributed by atoms with Crippen LogP contribution in [0.25, 0.3) is 0 Å². The van der Waals surface area contributed by atoms with Gasteiger partial charge in [-0.2, -0.15) is 0 Å². The van der Waals surface area contributed by atoms with Gasteiger partial charge in [-0.25, -0.2) is 0 Å². The van der Waals surface area contributed by atoms with Crippen molar-refractivity contribution >= 4 is 8.32 Å². The minimum absolute atomic E-state index is 0.0857. The Balaban J connectivity index is 2.26. The number of ether oxygens (including phenoxy) is 1. The molecule has 1 heterocycles. The van der Waals surface area contributed by atoms with Crippen molar-refractivity contribution in [3.8, 4) is 11.5 Å². The normalized spacial score (nSPS) is 19.7. The Morgan fingerprint density at radius 3 is 2.21 bits per heavy atom. The molecule has 1 N–H and O–H groups in total. The molecule has 0 spiro atoms. The number of unbranched alkanes of at least 4 members (excludes halogenated alkanes) is 3. The van der Waals surface area contributed by atoms with Crippen LogP contribution < -0.4 is 9.16 Å². The van der Waals surface area contributed by atoms with E-state index < -0.39 is 8.32 Å². The topological polar surface area (TPSA) is 38.7 Å². The molecular formula is C25H44O3Si. The molecule has 3 nitrogen and oxygen atoms in total. The number of benzene rings is 1. The van der Waals surface area contributed by atoms with Gasteiger partial charge < -0.3 is 14.3 Å². The highest BCUT2D eigenvalue weighted by atomic mass is 28.4. The molecule has 1 atom stereocenters. The lowest BCUT2D eigenvalue weighted by atomic mass is 9.84. The summed E-state index contributed by atoms with van der Waals surface area (Å²) in [6, 6.07) is 0. The molecule has 0 amide bonds. The van der Waals surface area contributed by atoms with Crippen LogP contribution in [0, 0.1) is 20.8 Å². The van der Waals surface area contributed by atoms with Crippen LogP contribution in [0.2, 0.25) is 18.1 Å². The molecule has 0 saturated heterocycles. The maximum atomic E-state index is 8.96. The Labute approximate surface area is 180 Å². The van der Waals surface area contributed by atoms with Crippen LogP contribution in [0.4, 0.5) is 0 Å². The monoisotopic (exact) mass is 420 g/mol. The van der Waals surface area contributed by atoms with Gasteiger partial charge in [-0.3, -0.25) is 0 Å². The van der Waals surface area contributed by atoms with Crippen molar-refractivity contribution < 1.29 is 14.3 Å². The van der Waals surface area contributed by atoms with Gasteiger partial charge in [0, 0.05) is 12.2 Å². The minimum Gasteiger partial charge on any atom is -0.543 e. The molecule has 1 aliphatic rings. The Morgan fingerprint density at radius 2 is 1.62 bits per heavy atom. The smallest absolute Gasteiger partial charge is 0.250 e. The largest absolute Gasteiger partial charge is 0.543 e. The molecule has 0 radical (unpaired) electrons. The Morgan fingerprint density at radius 1 is 1.00 bits per heavy atom. The van der Waals surface area contributed by atoms with E-state index in [9.17, 15) is 0 Å². The molecule has 1 aromatic carbocycles. The van der Waals surface area contributed by atoms with E-state index in [0.29, 0.717) is 6.61 Å². The molecule has 29 heavy (non-hydrogen) atoms. The van der Waals surface area contributed by atoms with Crippen LogP contribution in [-0.2, 0) is 6.42 Å². The summed E-state index contributed by atoms with van der Waals surface area (Å²) in [4.78, 5) is 0. The molecule has 0 aromatic heterocycles. The third-order valence-corrected chi connectivity index (χ3v) is 11.7. The second-order valence-corrected chi connectivity index (χ2v) is 15.5. The molecule has 1 aromatic rings. The van der Waals surface area contributed by atoms with E-state index in [-0.39, 0.29) is 10.6 Å². The van der Waals surface area contributed by atoms with Crippen molar-refractivity contribution in [3.63, 3.8) is 0 Å². The average molecular weight is 421 g/mol. The van der Waals surface area contributed by atoms with Gasteiger partial charge in [0.15, 0.2) is 0 Å². The van der Waals surface area contributed by atoms with Gasteiger partial charge in [0.05, 0.1) is 0 Å². The summed E-state index contributed by atoms with van der Waals surface area (Å²) in [6.07, 6.45) is 7.55. The maximum absolute atomic E-state index is 8.96. The molecule has 4 heteroatoms. The molecule has 2 rings (SSSR count). The highest BCUT2D eigenvalue weighted by molar-refractivity contribution is 6.74. The Kier molecular flexibility index (Phi) is 7.54. The molecule has 166 valence electrons. The number of hydrogen-bond acceptors (Lipinski definition) is 3. The molecule has 0 unspecified atom stereocenters. The van der Waals surface area contributed by atoms with E-state index in [1.807, 2.05) is 0 Å². The van der Waals surface area contributed by atoms with Crippen molar-refractivity contribution in [2.75, 3.05) is 6.61 Å². The van der Waals surface area contributed by atoms with E-state index in [0.717, 1.165) is 50.0 Å². The van der Waals surface area contributed by atoms with Gasteiger partial charge in [0.25, 0.3) is 8.32 Å². The molecule has 1 aliphatic heterocycles. The quantitative estimate of drug-likeness (QED) is 0.363. The van der Waals surface area contributed by atoms with Crippen molar-refractivity contribution in [3.05, 3.63) is 22.3 Å². The second kappa shape index (κ2) is 9.01. The van der Waals surface area contributed by atoms with Crippen molar-refractivity contribution in [1.29, 1.82) is 0 Å². The van der Waals surface area contributed by atoms with Gasteiger partial charge in [0.2, 0.25) is 0 Å². The van der Waals surface area contributed by atoms with Gasteiger partial charge in [-0.1, -0.05) is 33.6 Å². The fourth-order valence-electron chi connectivity index (χ4n) is 3.98. The predicted octanol–water partition coefficient (Wildman–Crippen LogP) is 7.02. The van der Waals surface area contributed by atoms with Crippen molar-refractivity contribution in [1.82, 2.24) is 0 Å². The van der Waals surface area contributed by atoms with E-state index in [4.69, 9.17) is 14.3 Å². The lowest BCUT2D eigenvalue weighted by Crippen LogP contribution is -2.44. The van der Waals surface area contributed by atoms with Crippen LogP contribution in [0.15, 0.2) is 0 Å². The summed E-state index contributed by atoms with van der Waals surface area (Å²) in [7, 11) is -1.89. The first-order chi connectivity index (χ1) is 13.3. The average Bonchev–Trinajstić information content (AvgIpc) is 2.62. The fourth-order valence-corrected chi connectivity index (χ4v) is 5.11. The second-order valence-electron chi connectivity index (χ2n) is 10.8.